The molecule has 3 aromatic rings. The van der Waals surface area contributed by atoms with Gasteiger partial charge >= 0.3 is 0 Å². The van der Waals surface area contributed by atoms with E-state index in [0.717, 1.165) is 15.8 Å². The maximum absolute atomic E-state index is 12.2. The summed E-state index contributed by atoms with van der Waals surface area (Å²) in [6, 6.07) is 17.3. The van der Waals surface area contributed by atoms with Crippen LogP contribution in [0, 0.1) is 0 Å². The third-order valence-electron chi connectivity index (χ3n) is 3.57. The molecule has 1 aromatic heterocycles. The summed E-state index contributed by atoms with van der Waals surface area (Å²) >= 11 is 3.98. The molecule has 1 aliphatic rings. The van der Waals surface area contributed by atoms with Crippen molar-refractivity contribution < 1.29 is 9.59 Å². The van der Waals surface area contributed by atoms with Gasteiger partial charge < -0.3 is 5.32 Å². The van der Waals surface area contributed by atoms with Gasteiger partial charge in [0.1, 0.15) is 4.38 Å². The zero-order chi connectivity index (χ0) is 18.6. The number of amides is 2. The molecule has 8 heteroatoms. The standard InChI is InChI=1S/C19H13N3O2S3/c23-16(21-18-20-13-8-4-5-9-14(13)26-18)11-25-19-22-17(24)15(27-19)10-12-6-2-1-3-7-12/h1-10H,11H2,(H,20,21,23). The minimum atomic E-state index is -0.266. The Morgan fingerprint density at radius 2 is 1.89 bits per heavy atom. The van der Waals surface area contributed by atoms with E-state index in [1.54, 1.807) is 0 Å². The van der Waals surface area contributed by atoms with Crippen LogP contribution >= 0.6 is 34.9 Å². The van der Waals surface area contributed by atoms with E-state index in [1.807, 2.05) is 60.7 Å². The fourth-order valence-corrected chi connectivity index (χ4v) is 5.04. The fraction of sp³-hybridized carbons (Fsp3) is 0.0526. The van der Waals surface area contributed by atoms with Crippen LogP contribution in [0.3, 0.4) is 0 Å². The lowest BCUT2D eigenvalue weighted by Gasteiger charge is -2.00. The number of nitrogens with zero attached hydrogens (tertiary/aromatic N) is 2. The Hall–Kier alpha value is -2.42. The van der Waals surface area contributed by atoms with Gasteiger partial charge in [-0.1, -0.05) is 77.3 Å². The SMILES string of the molecule is O=C(CSC1=NC(=O)C(=Cc2ccccc2)S1)Nc1nc2ccccc2s1. The van der Waals surface area contributed by atoms with Crippen molar-refractivity contribution in [3.05, 3.63) is 65.1 Å². The Balaban J connectivity index is 1.33. The van der Waals surface area contributed by atoms with E-state index in [0.29, 0.717) is 14.4 Å². The Bertz CT molecular complexity index is 1040. The van der Waals surface area contributed by atoms with Crippen molar-refractivity contribution in [3.8, 4) is 0 Å². The normalized spacial score (nSPS) is 15.3. The molecule has 1 aliphatic heterocycles. The van der Waals surface area contributed by atoms with E-state index in [4.69, 9.17) is 0 Å². The number of thioether (sulfide) groups is 2. The van der Waals surface area contributed by atoms with Gasteiger partial charge in [-0.05, 0) is 23.8 Å². The summed E-state index contributed by atoms with van der Waals surface area (Å²) in [4.78, 5) is 33.2. The molecule has 0 saturated carbocycles. The van der Waals surface area contributed by atoms with Crippen LogP contribution in [0.5, 0.6) is 0 Å². The zero-order valence-electron chi connectivity index (χ0n) is 13.9. The van der Waals surface area contributed by atoms with Crippen LogP contribution in [0.4, 0.5) is 5.13 Å². The first kappa shape index (κ1) is 18.0. The molecule has 134 valence electrons. The highest BCUT2D eigenvalue weighted by Gasteiger charge is 2.23. The predicted octanol–water partition coefficient (Wildman–Crippen LogP) is 4.64. The van der Waals surface area contributed by atoms with Gasteiger partial charge in [0, 0.05) is 0 Å². The molecule has 0 fully saturated rings. The van der Waals surface area contributed by atoms with Gasteiger partial charge in [-0.2, -0.15) is 4.99 Å². The topological polar surface area (TPSA) is 71.4 Å². The summed E-state index contributed by atoms with van der Waals surface area (Å²) in [5, 5.41) is 3.37. The summed E-state index contributed by atoms with van der Waals surface area (Å²) in [6.45, 7) is 0. The van der Waals surface area contributed by atoms with Crippen LogP contribution in [0.1, 0.15) is 5.56 Å². The average Bonchev–Trinajstić information content (AvgIpc) is 3.23. The van der Waals surface area contributed by atoms with Crippen molar-refractivity contribution in [2.24, 2.45) is 4.99 Å². The van der Waals surface area contributed by atoms with Crippen LogP contribution in [-0.4, -0.2) is 26.9 Å². The summed E-state index contributed by atoms with van der Waals surface area (Å²) in [5.41, 5.74) is 1.81. The molecular weight excluding hydrogens is 398 g/mol. The minimum Gasteiger partial charge on any atom is -0.301 e. The molecule has 27 heavy (non-hydrogen) atoms. The smallest absolute Gasteiger partial charge is 0.285 e. The molecule has 2 amide bonds. The summed E-state index contributed by atoms with van der Waals surface area (Å²) in [6.07, 6.45) is 1.81. The molecule has 0 aliphatic carbocycles. The molecule has 0 atom stereocenters. The van der Waals surface area contributed by atoms with Crippen LogP contribution in [-0.2, 0) is 9.59 Å². The number of hydrogen-bond donors (Lipinski definition) is 1. The Morgan fingerprint density at radius 3 is 2.70 bits per heavy atom. The number of aromatic nitrogens is 1. The molecule has 4 rings (SSSR count). The Kier molecular flexibility index (Phi) is 5.38. The van der Waals surface area contributed by atoms with Crippen molar-refractivity contribution in [1.29, 1.82) is 0 Å². The molecule has 0 bridgehead atoms. The molecule has 0 spiro atoms. The van der Waals surface area contributed by atoms with Gasteiger partial charge in [-0.3, -0.25) is 9.59 Å². The van der Waals surface area contributed by atoms with Gasteiger partial charge in [0.2, 0.25) is 5.91 Å². The first-order valence-corrected chi connectivity index (χ1v) is 10.6. The van der Waals surface area contributed by atoms with Crippen molar-refractivity contribution in [3.63, 3.8) is 0 Å². The van der Waals surface area contributed by atoms with Gasteiger partial charge in [0.05, 0.1) is 20.9 Å². The van der Waals surface area contributed by atoms with Gasteiger partial charge in [0.25, 0.3) is 5.91 Å². The molecule has 0 unspecified atom stereocenters. The number of benzene rings is 2. The predicted molar refractivity (Wildman–Crippen MR) is 115 cm³/mol. The van der Waals surface area contributed by atoms with Gasteiger partial charge in [-0.25, -0.2) is 4.98 Å². The van der Waals surface area contributed by atoms with Crippen molar-refractivity contribution in [2.45, 2.75) is 0 Å². The van der Waals surface area contributed by atoms with E-state index in [-0.39, 0.29) is 17.6 Å². The number of para-hydroxylation sites is 1. The van der Waals surface area contributed by atoms with Crippen LogP contribution < -0.4 is 5.32 Å². The van der Waals surface area contributed by atoms with Crippen LogP contribution in [0.25, 0.3) is 16.3 Å². The average molecular weight is 412 g/mol. The quantitative estimate of drug-likeness (QED) is 0.634. The third-order valence-corrected chi connectivity index (χ3v) is 6.64. The fourth-order valence-electron chi connectivity index (χ4n) is 2.36. The summed E-state index contributed by atoms with van der Waals surface area (Å²) in [7, 11) is 0. The maximum atomic E-state index is 12.2. The van der Waals surface area contributed by atoms with Gasteiger partial charge in [-0.15, -0.1) is 0 Å². The monoisotopic (exact) mass is 411 g/mol. The number of anilines is 1. The second kappa shape index (κ2) is 8.08. The second-order valence-corrected chi connectivity index (χ2v) is 8.81. The molecule has 0 saturated heterocycles. The number of rotatable bonds is 4. The first-order chi connectivity index (χ1) is 13.2. The molecule has 5 nitrogen and oxygen atoms in total. The highest BCUT2D eigenvalue weighted by atomic mass is 32.2. The number of aliphatic imine (C=N–C) groups is 1. The lowest BCUT2D eigenvalue weighted by Crippen LogP contribution is -2.14. The third kappa shape index (κ3) is 4.47. The highest BCUT2D eigenvalue weighted by Crippen LogP contribution is 2.34. The molecular formula is C19H13N3O2S3. The van der Waals surface area contributed by atoms with E-state index in [1.165, 1.54) is 34.9 Å². The maximum Gasteiger partial charge on any atom is 0.285 e. The van der Waals surface area contributed by atoms with E-state index in [9.17, 15) is 9.59 Å². The largest absolute Gasteiger partial charge is 0.301 e. The Morgan fingerprint density at radius 1 is 1.11 bits per heavy atom. The summed E-state index contributed by atoms with van der Waals surface area (Å²) < 4.78 is 1.61. The van der Waals surface area contributed by atoms with E-state index < -0.39 is 0 Å². The number of fused-ring (bicyclic) bond motifs is 1. The number of thiazole rings is 1. The lowest BCUT2D eigenvalue weighted by molar-refractivity contribution is -0.114. The first-order valence-electron chi connectivity index (χ1n) is 8.03. The number of carbonyl (C=O) groups is 2. The van der Waals surface area contributed by atoms with E-state index >= 15 is 0 Å². The second-order valence-electron chi connectivity index (χ2n) is 5.53. The van der Waals surface area contributed by atoms with Gasteiger partial charge in [0.15, 0.2) is 5.13 Å². The molecule has 2 aromatic carbocycles. The lowest BCUT2D eigenvalue weighted by atomic mass is 10.2. The van der Waals surface area contributed by atoms with E-state index in [2.05, 4.69) is 15.3 Å². The number of nitrogens with one attached hydrogen (secondary N) is 1. The Labute approximate surface area is 168 Å². The number of carbonyl (C=O) groups excluding carboxylic acids is 2. The summed E-state index contributed by atoms with van der Waals surface area (Å²) in [5.74, 6) is -0.263. The van der Waals surface area contributed by atoms with Crippen molar-refractivity contribution in [1.82, 2.24) is 4.98 Å². The molecule has 0 radical (unpaired) electrons. The minimum absolute atomic E-state index is 0.171. The molecule has 2 heterocycles. The zero-order valence-corrected chi connectivity index (χ0v) is 16.4. The van der Waals surface area contributed by atoms with Crippen molar-refractivity contribution >= 4 is 72.5 Å². The number of hydrogen-bond acceptors (Lipinski definition) is 6. The van der Waals surface area contributed by atoms with Crippen molar-refractivity contribution in [2.75, 3.05) is 11.1 Å². The molecule has 1 N–H and O–H groups in total. The highest BCUT2D eigenvalue weighted by molar-refractivity contribution is 8.41. The van der Waals surface area contributed by atoms with Crippen LogP contribution in [0.15, 0.2) is 64.5 Å². The van der Waals surface area contributed by atoms with Crippen LogP contribution in [0.2, 0.25) is 0 Å².